The molecule has 0 fully saturated rings. The lowest BCUT2D eigenvalue weighted by atomic mass is 9.88. The molecule has 1 aliphatic carbocycles. The predicted molar refractivity (Wildman–Crippen MR) is 113 cm³/mol. The number of fused-ring (bicyclic) bond motifs is 1. The molecule has 1 aromatic carbocycles. The van der Waals surface area contributed by atoms with E-state index in [0.29, 0.717) is 27.9 Å². The van der Waals surface area contributed by atoms with Crippen LogP contribution in [-0.2, 0) is 12.8 Å². The number of nitrogens with one attached hydrogen (secondary N) is 2. The molecule has 3 aromatic rings. The van der Waals surface area contributed by atoms with Gasteiger partial charge >= 0.3 is 0 Å². The van der Waals surface area contributed by atoms with Crippen molar-refractivity contribution in [2.45, 2.75) is 26.2 Å². The van der Waals surface area contributed by atoms with Crippen molar-refractivity contribution in [2.24, 2.45) is 5.92 Å². The fourth-order valence-electron chi connectivity index (χ4n) is 3.58. The van der Waals surface area contributed by atoms with Crippen molar-refractivity contribution in [1.29, 1.82) is 0 Å². The second-order valence-electron chi connectivity index (χ2n) is 7.14. The Bertz CT molecular complexity index is 1040. The number of hydrogen-bond donors (Lipinski definition) is 2. The molecule has 6 nitrogen and oxygen atoms in total. The minimum Gasteiger partial charge on any atom is -0.495 e. The largest absolute Gasteiger partial charge is 0.495 e. The summed E-state index contributed by atoms with van der Waals surface area (Å²) < 4.78 is 10.5. The van der Waals surface area contributed by atoms with Crippen LogP contribution in [0, 0.1) is 5.92 Å². The quantitative estimate of drug-likeness (QED) is 0.622. The molecule has 2 N–H and O–H groups in total. The third kappa shape index (κ3) is 3.91. The van der Waals surface area contributed by atoms with E-state index in [0.717, 1.165) is 29.7 Å². The molecule has 1 atom stereocenters. The zero-order chi connectivity index (χ0) is 20.4. The number of anilines is 2. The van der Waals surface area contributed by atoms with E-state index in [9.17, 15) is 9.59 Å². The summed E-state index contributed by atoms with van der Waals surface area (Å²) in [5.74, 6) is 0.727. The lowest BCUT2D eigenvalue weighted by Crippen LogP contribution is -2.19. The normalized spacial score (nSPS) is 15.4. The number of benzene rings is 1. The highest BCUT2D eigenvalue weighted by atomic mass is 32.1. The van der Waals surface area contributed by atoms with Crippen LogP contribution in [-0.4, -0.2) is 18.9 Å². The van der Waals surface area contributed by atoms with Gasteiger partial charge in [-0.25, -0.2) is 0 Å². The Labute approximate surface area is 172 Å². The van der Waals surface area contributed by atoms with Gasteiger partial charge in [-0.1, -0.05) is 19.1 Å². The number of thiophene rings is 1. The van der Waals surface area contributed by atoms with E-state index >= 15 is 0 Å². The van der Waals surface area contributed by atoms with Gasteiger partial charge in [0.2, 0.25) is 0 Å². The number of para-hydroxylation sites is 2. The first-order chi connectivity index (χ1) is 14.1. The SMILES string of the molecule is COc1ccccc1NC(=O)c1c(NC(=O)c2ccco2)sc2c1CCC(C)C2. The summed E-state index contributed by atoms with van der Waals surface area (Å²) in [4.78, 5) is 26.9. The third-order valence-electron chi connectivity index (χ3n) is 5.07. The Balaban J connectivity index is 1.68. The molecular formula is C22H22N2O4S. The van der Waals surface area contributed by atoms with Crippen LogP contribution in [0.1, 0.15) is 44.7 Å². The van der Waals surface area contributed by atoms with Gasteiger partial charge in [-0.15, -0.1) is 11.3 Å². The first-order valence-electron chi connectivity index (χ1n) is 9.50. The van der Waals surface area contributed by atoms with E-state index in [2.05, 4.69) is 17.6 Å². The maximum atomic E-state index is 13.3. The fraction of sp³-hybridized carbons (Fsp3) is 0.273. The van der Waals surface area contributed by atoms with Crippen molar-refractivity contribution in [1.82, 2.24) is 0 Å². The molecule has 1 aliphatic rings. The molecule has 0 radical (unpaired) electrons. The van der Waals surface area contributed by atoms with Crippen LogP contribution in [0.5, 0.6) is 5.75 Å². The molecule has 7 heteroatoms. The van der Waals surface area contributed by atoms with Gasteiger partial charge in [0, 0.05) is 4.88 Å². The zero-order valence-electron chi connectivity index (χ0n) is 16.3. The van der Waals surface area contributed by atoms with Gasteiger partial charge in [-0.3, -0.25) is 9.59 Å². The topological polar surface area (TPSA) is 80.6 Å². The lowest BCUT2D eigenvalue weighted by Gasteiger charge is -2.19. The fourth-order valence-corrected chi connectivity index (χ4v) is 4.99. The van der Waals surface area contributed by atoms with Gasteiger partial charge in [-0.05, 0) is 55.0 Å². The number of methoxy groups -OCH3 is 1. The average Bonchev–Trinajstić information content (AvgIpc) is 3.35. The van der Waals surface area contributed by atoms with Crippen LogP contribution in [0.2, 0.25) is 0 Å². The van der Waals surface area contributed by atoms with Gasteiger partial charge in [-0.2, -0.15) is 0 Å². The average molecular weight is 410 g/mol. The molecule has 2 amide bonds. The third-order valence-corrected chi connectivity index (χ3v) is 6.24. The van der Waals surface area contributed by atoms with E-state index in [1.807, 2.05) is 12.1 Å². The van der Waals surface area contributed by atoms with Crippen LogP contribution in [0.15, 0.2) is 47.1 Å². The Morgan fingerprint density at radius 3 is 2.72 bits per heavy atom. The Hall–Kier alpha value is -3.06. The number of hydrogen-bond acceptors (Lipinski definition) is 5. The van der Waals surface area contributed by atoms with E-state index in [1.165, 1.54) is 17.6 Å². The minimum atomic E-state index is -0.368. The number of ether oxygens (including phenoxy) is 1. The second kappa shape index (κ2) is 8.13. The second-order valence-corrected chi connectivity index (χ2v) is 8.25. The Morgan fingerprint density at radius 1 is 1.14 bits per heavy atom. The molecule has 0 saturated heterocycles. The molecule has 2 heterocycles. The van der Waals surface area contributed by atoms with Crippen molar-refractivity contribution in [3.63, 3.8) is 0 Å². The van der Waals surface area contributed by atoms with Crippen LogP contribution >= 0.6 is 11.3 Å². The van der Waals surface area contributed by atoms with Crippen LogP contribution < -0.4 is 15.4 Å². The summed E-state index contributed by atoms with van der Waals surface area (Å²) >= 11 is 1.47. The summed E-state index contributed by atoms with van der Waals surface area (Å²) in [6, 6.07) is 10.5. The molecule has 0 spiro atoms. The van der Waals surface area contributed by atoms with Gasteiger partial charge in [0.05, 0.1) is 24.6 Å². The highest BCUT2D eigenvalue weighted by Crippen LogP contribution is 2.40. The van der Waals surface area contributed by atoms with E-state index in [1.54, 1.807) is 31.4 Å². The lowest BCUT2D eigenvalue weighted by molar-refractivity contribution is 0.0997. The standard InChI is InChI=1S/C22H22N2O4S/c1-13-9-10-14-18(12-13)29-22(24-20(25)17-8-5-11-28-17)19(14)21(26)23-15-6-3-4-7-16(15)27-2/h3-8,11,13H,9-10,12H2,1-2H3,(H,23,26)(H,24,25). The highest BCUT2D eigenvalue weighted by molar-refractivity contribution is 7.17. The van der Waals surface area contributed by atoms with Gasteiger partial charge in [0.15, 0.2) is 5.76 Å². The Kier molecular flexibility index (Phi) is 5.40. The van der Waals surface area contributed by atoms with Gasteiger partial charge in [0.1, 0.15) is 10.8 Å². The highest BCUT2D eigenvalue weighted by Gasteiger charge is 2.29. The van der Waals surface area contributed by atoms with Crippen LogP contribution in [0.3, 0.4) is 0 Å². The van der Waals surface area contributed by atoms with Crippen molar-refractivity contribution in [3.05, 3.63) is 64.4 Å². The van der Waals surface area contributed by atoms with Gasteiger partial charge < -0.3 is 19.8 Å². The summed E-state index contributed by atoms with van der Waals surface area (Å²) in [6.07, 6.45) is 4.19. The van der Waals surface area contributed by atoms with E-state index in [-0.39, 0.29) is 17.6 Å². The maximum Gasteiger partial charge on any atom is 0.291 e. The molecule has 150 valence electrons. The predicted octanol–water partition coefficient (Wildman–Crippen LogP) is 4.98. The molecule has 1 unspecified atom stereocenters. The number of carbonyl (C=O) groups is 2. The van der Waals surface area contributed by atoms with Crippen molar-refractivity contribution < 1.29 is 18.7 Å². The van der Waals surface area contributed by atoms with E-state index < -0.39 is 0 Å². The van der Waals surface area contributed by atoms with Crippen LogP contribution in [0.4, 0.5) is 10.7 Å². The van der Waals surface area contributed by atoms with Crippen molar-refractivity contribution in [2.75, 3.05) is 17.7 Å². The first-order valence-corrected chi connectivity index (χ1v) is 10.3. The van der Waals surface area contributed by atoms with Crippen molar-refractivity contribution >= 4 is 33.8 Å². The Morgan fingerprint density at radius 2 is 1.97 bits per heavy atom. The summed E-state index contributed by atoms with van der Waals surface area (Å²) in [6.45, 7) is 2.21. The molecule has 0 bridgehead atoms. The van der Waals surface area contributed by atoms with Crippen LogP contribution in [0.25, 0.3) is 0 Å². The number of rotatable bonds is 5. The molecule has 0 aliphatic heterocycles. The molecule has 0 saturated carbocycles. The molecule has 4 rings (SSSR count). The van der Waals surface area contributed by atoms with Crippen molar-refractivity contribution in [3.8, 4) is 5.75 Å². The summed E-state index contributed by atoms with van der Waals surface area (Å²) in [5, 5.41) is 6.37. The first kappa shape index (κ1) is 19.3. The molecule has 2 aromatic heterocycles. The zero-order valence-corrected chi connectivity index (χ0v) is 17.1. The molecular weight excluding hydrogens is 388 g/mol. The smallest absolute Gasteiger partial charge is 0.291 e. The van der Waals surface area contributed by atoms with E-state index in [4.69, 9.17) is 9.15 Å². The molecule has 29 heavy (non-hydrogen) atoms. The number of amides is 2. The maximum absolute atomic E-state index is 13.3. The number of furan rings is 1. The minimum absolute atomic E-state index is 0.209. The monoisotopic (exact) mass is 410 g/mol. The van der Waals surface area contributed by atoms with Gasteiger partial charge in [0.25, 0.3) is 11.8 Å². The summed E-state index contributed by atoms with van der Waals surface area (Å²) in [5.41, 5.74) is 2.14. The number of carbonyl (C=O) groups excluding carboxylic acids is 2. The summed E-state index contributed by atoms with van der Waals surface area (Å²) in [7, 11) is 1.56.